The summed E-state index contributed by atoms with van der Waals surface area (Å²) in [6.07, 6.45) is 9.73. The largest absolute Gasteiger partial charge is 0.490 e. The van der Waals surface area contributed by atoms with Crippen molar-refractivity contribution >= 4 is 27.6 Å². The van der Waals surface area contributed by atoms with Gasteiger partial charge in [-0.05, 0) is 81.7 Å². The van der Waals surface area contributed by atoms with Gasteiger partial charge in [0, 0.05) is 51.6 Å². The van der Waals surface area contributed by atoms with Crippen LogP contribution in [0.15, 0.2) is 48.0 Å². The molecule has 0 radical (unpaired) electrons. The van der Waals surface area contributed by atoms with Gasteiger partial charge in [-0.3, -0.25) is 0 Å². The number of hydrogen-bond donors (Lipinski definition) is 0. The van der Waals surface area contributed by atoms with E-state index in [4.69, 9.17) is 14.5 Å². The van der Waals surface area contributed by atoms with Crippen LogP contribution >= 0.6 is 11.3 Å². The van der Waals surface area contributed by atoms with Crippen molar-refractivity contribution in [3.05, 3.63) is 59.2 Å². The van der Waals surface area contributed by atoms with E-state index in [0.29, 0.717) is 19.0 Å². The van der Waals surface area contributed by atoms with Crippen molar-refractivity contribution in [2.24, 2.45) is 7.05 Å². The maximum Gasteiger partial charge on any atom is 0.410 e. The van der Waals surface area contributed by atoms with Gasteiger partial charge >= 0.3 is 6.09 Å². The number of thiophene rings is 1. The number of hydrogen-bond acceptors (Lipinski definition) is 5. The van der Waals surface area contributed by atoms with Gasteiger partial charge in [0.25, 0.3) is 0 Å². The number of fused-ring (bicyclic) bond motifs is 1. The maximum absolute atomic E-state index is 12.3. The molecule has 1 saturated heterocycles. The number of likely N-dealkylation sites (tertiary alicyclic amines) is 1. The lowest BCUT2D eigenvalue weighted by Crippen LogP contribution is -2.44. The minimum absolute atomic E-state index is 0.122. The van der Waals surface area contributed by atoms with Gasteiger partial charge in [-0.1, -0.05) is 18.6 Å². The van der Waals surface area contributed by atoms with E-state index >= 15 is 0 Å². The molecular weight excluding hydrogens is 532 g/mol. The first-order valence-corrected chi connectivity index (χ1v) is 16.0. The van der Waals surface area contributed by atoms with E-state index < -0.39 is 5.60 Å². The summed E-state index contributed by atoms with van der Waals surface area (Å²) in [5.41, 5.74) is 4.59. The highest BCUT2D eigenvalue weighted by atomic mass is 32.1. The maximum atomic E-state index is 12.3. The van der Waals surface area contributed by atoms with Crippen molar-refractivity contribution < 1.29 is 14.3 Å². The van der Waals surface area contributed by atoms with Crippen LogP contribution in [-0.4, -0.2) is 49.9 Å². The fraction of sp³-hybridized carbons (Fsp3) is 0.515. The lowest BCUT2D eigenvalue weighted by atomic mass is 9.83. The van der Waals surface area contributed by atoms with Crippen molar-refractivity contribution in [1.82, 2.24) is 19.0 Å². The monoisotopic (exact) mass is 574 g/mol. The lowest BCUT2D eigenvalue weighted by molar-refractivity contribution is 0.0126. The Hall–Kier alpha value is -3.26. The molecule has 0 spiro atoms. The van der Waals surface area contributed by atoms with Crippen LogP contribution in [-0.2, 0) is 24.8 Å². The lowest BCUT2D eigenvalue weighted by Gasteiger charge is -2.33. The highest BCUT2D eigenvalue weighted by Gasteiger charge is 2.28. The number of rotatable bonds is 8. The topological polar surface area (TPSA) is 61.5 Å². The molecule has 41 heavy (non-hydrogen) atoms. The molecule has 4 heterocycles. The fourth-order valence-corrected chi connectivity index (χ4v) is 6.69. The van der Waals surface area contributed by atoms with Crippen molar-refractivity contribution in [3.63, 3.8) is 0 Å². The molecule has 2 aliphatic rings. The normalized spacial score (nSPS) is 16.7. The van der Waals surface area contributed by atoms with E-state index in [-0.39, 0.29) is 12.2 Å². The highest BCUT2D eigenvalue weighted by molar-refractivity contribution is 7.17. The Balaban J connectivity index is 1.03. The molecule has 1 amide bonds. The predicted molar refractivity (Wildman–Crippen MR) is 165 cm³/mol. The second-order valence-corrected chi connectivity index (χ2v) is 13.5. The number of piperidine rings is 1. The third-order valence-electron chi connectivity index (χ3n) is 8.40. The average molecular weight is 575 g/mol. The van der Waals surface area contributed by atoms with Crippen LogP contribution in [0.2, 0.25) is 0 Å². The van der Waals surface area contributed by atoms with Gasteiger partial charge in [-0.15, -0.1) is 11.3 Å². The highest BCUT2D eigenvalue weighted by Crippen LogP contribution is 2.38. The predicted octanol–water partition coefficient (Wildman–Crippen LogP) is 7.78. The van der Waals surface area contributed by atoms with Crippen molar-refractivity contribution in [2.45, 2.75) is 89.9 Å². The van der Waals surface area contributed by atoms with Crippen LogP contribution in [0.1, 0.15) is 76.5 Å². The SMILES string of the molecule is Cn1c(-c2nc(C3CCC3)cn2CCCc2ccc(OC3CCN(C(=O)OC(C)(C)C)CC3)cc2)cc2sccc21. The molecule has 4 aromatic rings. The van der Waals surface area contributed by atoms with Crippen LogP contribution in [0.4, 0.5) is 4.79 Å². The zero-order valence-electron chi connectivity index (χ0n) is 24.8. The zero-order chi connectivity index (χ0) is 28.6. The second kappa shape index (κ2) is 11.6. The fourth-order valence-electron chi connectivity index (χ4n) is 5.84. The average Bonchev–Trinajstić information content (AvgIpc) is 3.60. The summed E-state index contributed by atoms with van der Waals surface area (Å²) in [5.74, 6) is 2.61. The van der Waals surface area contributed by atoms with Gasteiger partial charge in [0.05, 0.1) is 21.6 Å². The Morgan fingerprint density at radius 2 is 1.83 bits per heavy atom. The van der Waals surface area contributed by atoms with Gasteiger partial charge < -0.3 is 23.5 Å². The first-order valence-electron chi connectivity index (χ1n) is 15.1. The number of nitrogens with zero attached hydrogens (tertiary/aromatic N) is 4. The molecule has 0 N–H and O–H groups in total. The number of carbonyl (C=O) groups is 1. The number of aromatic nitrogens is 3. The summed E-state index contributed by atoms with van der Waals surface area (Å²) in [6.45, 7) is 7.98. The van der Waals surface area contributed by atoms with Gasteiger partial charge in [-0.25, -0.2) is 9.78 Å². The van der Waals surface area contributed by atoms with Crippen LogP contribution < -0.4 is 4.74 Å². The van der Waals surface area contributed by atoms with E-state index in [1.54, 1.807) is 16.2 Å². The molecule has 0 unspecified atom stereocenters. The third kappa shape index (κ3) is 6.32. The number of ether oxygens (including phenoxy) is 2. The summed E-state index contributed by atoms with van der Waals surface area (Å²) in [4.78, 5) is 19.3. The third-order valence-corrected chi connectivity index (χ3v) is 9.25. The number of aryl methyl sites for hydroxylation is 3. The summed E-state index contributed by atoms with van der Waals surface area (Å²) >= 11 is 1.79. The Bertz CT molecular complexity index is 1480. The van der Waals surface area contributed by atoms with Gasteiger partial charge in [0.2, 0.25) is 0 Å². The summed E-state index contributed by atoms with van der Waals surface area (Å²) in [6, 6.07) is 13.0. The second-order valence-electron chi connectivity index (χ2n) is 12.6. The molecule has 8 heteroatoms. The number of imidazole rings is 1. The van der Waals surface area contributed by atoms with E-state index in [1.807, 2.05) is 20.8 Å². The molecular formula is C33H42N4O3S. The molecule has 1 aromatic carbocycles. The Kier molecular flexibility index (Phi) is 7.86. The standard InChI is InChI=1S/C33H42N4O3S/c1-33(2,3)40-32(38)36-18-14-26(15-19-36)39-25-12-10-23(11-13-25)7-6-17-37-22-27(24-8-5-9-24)34-31(37)29-21-30-28(35(29)4)16-20-41-30/h10-13,16,20-22,24,26H,5-9,14-15,17-19H2,1-4H3. The first kappa shape index (κ1) is 27.9. The van der Waals surface area contributed by atoms with Crippen molar-refractivity contribution in [2.75, 3.05) is 13.1 Å². The van der Waals surface area contributed by atoms with E-state index in [0.717, 1.165) is 43.8 Å². The van der Waals surface area contributed by atoms with Crippen LogP contribution in [0.5, 0.6) is 5.75 Å². The van der Waals surface area contributed by atoms with Crippen LogP contribution in [0.25, 0.3) is 21.7 Å². The minimum atomic E-state index is -0.467. The Labute approximate surface area is 247 Å². The molecule has 2 fully saturated rings. The summed E-state index contributed by atoms with van der Waals surface area (Å²) in [5, 5.41) is 2.16. The van der Waals surface area contributed by atoms with Gasteiger partial charge in [0.1, 0.15) is 17.5 Å². The van der Waals surface area contributed by atoms with E-state index in [2.05, 4.69) is 64.2 Å². The molecule has 1 saturated carbocycles. The Morgan fingerprint density at radius 1 is 1.07 bits per heavy atom. The molecule has 0 atom stereocenters. The molecule has 6 rings (SSSR count). The van der Waals surface area contributed by atoms with Crippen LogP contribution in [0, 0.1) is 0 Å². The minimum Gasteiger partial charge on any atom is -0.490 e. The molecule has 218 valence electrons. The van der Waals surface area contributed by atoms with Gasteiger partial charge in [-0.2, -0.15) is 0 Å². The smallest absolute Gasteiger partial charge is 0.410 e. The molecule has 1 aliphatic heterocycles. The van der Waals surface area contributed by atoms with E-state index in [9.17, 15) is 4.79 Å². The molecule has 1 aliphatic carbocycles. The van der Waals surface area contributed by atoms with Crippen molar-refractivity contribution in [1.29, 1.82) is 0 Å². The van der Waals surface area contributed by atoms with Crippen molar-refractivity contribution in [3.8, 4) is 17.3 Å². The quantitative estimate of drug-likeness (QED) is 0.216. The molecule has 3 aromatic heterocycles. The summed E-state index contributed by atoms with van der Waals surface area (Å²) in [7, 11) is 2.15. The Morgan fingerprint density at radius 3 is 2.49 bits per heavy atom. The zero-order valence-corrected chi connectivity index (χ0v) is 25.6. The first-order chi connectivity index (χ1) is 19.7. The summed E-state index contributed by atoms with van der Waals surface area (Å²) < 4.78 is 17.8. The molecule has 7 nitrogen and oxygen atoms in total. The number of amides is 1. The van der Waals surface area contributed by atoms with E-state index in [1.165, 1.54) is 46.4 Å². The number of benzene rings is 1. The van der Waals surface area contributed by atoms with Gasteiger partial charge in [0.15, 0.2) is 5.82 Å². The molecule has 0 bridgehead atoms. The van der Waals surface area contributed by atoms with Crippen LogP contribution in [0.3, 0.4) is 0 Å². The number of carbonyl (C=O) groups excluding carboxylic acids is 1.